The van der Waals surface area contributed by atoms with Crippen molar-refractivity contribution in [3.63, 3.8) is 0 Å². The van der Waals surface area contributed by atoms with Gasteiger partial charge in [-0.3, -0.25) is 9.78 Å². The molecule has 4 rings (SSSR count). The summed E-state index contributed by atoms with van der Waals surface area (Å²) in [4.78, 5) is 16.9. The van der Waals surface area contributed by atoms with Crippen LogP contribution in [0.3, 0.4) is 0 Å². The number of rotatable bonds is 6. The number of hydrogen-bond donors (Lipinski definition) is 2. The van der Waals surface area contributed by atoms with Crippen LogP contribution in [0, 0.1) is 24.7 Å². The van der Waals surface area contributed by atoms with E-state index in [4.69, 9.17) is 4.74 Å². The van der Waals surface area contributed by atoms with Gasteiger partial charge in [0, 0.05) is 18.5 Å². The fraction of sp³-hybridized carbons (Fsp3) is 0.700. The number of aromatic nitrogens is 1. The maximum absolute atomic E-state index is 12.6. The monoisotopic (exact) mass is 343 g/mol. The summed E-state index contributed by atoms with van der Waals surface area (Å²) in [6, 6.07) is 4.08. The van der Waals surface area contributed by atoms with Gasteiger partial charge in [0.1, 0.15) is 0 Å². The molecular weight excluding hydrogens is 314 g/mol. The van der Waals surface area contributed by atoms with Gasteiger partial charge in [-0.2, -0.15) is 0 Å². The quantitative estimate of drug-likeness (QED) is 0.827. The average Bonchev–Trinajstić information content (AvgIpc) is 3.30. The van der Waals surface area contributed by atoms with E-state index in [0.29, 0.717) is 18.3 Å². The summed E-state index contributed by atoms with van der Waals surface area (Å²) < 4.78 is 6.24. The first-order chi connectivity index (χ1) is 12.2. The number of ether oxygens (including phenoxy) is 1. The molecule has 2 heterocycles. The Morgan fingerprint density at radius 3 is 2.88 bits per heavy atom. The Labute approximate surface area is 149 Å². The van der Waals surface area contributed by atoms with Crippen LogP contribution in [0.2, 0.25) is 0 Å². The van der Waals surface area contributed by atoms with Crippen molar-refractivity contribution >= 4 is 5.91 Å². The SMILES string of the molecule is Cc1ccnc(CC(=O)N[C@H]2C[C@H]3CNC[C@H]3C[C@@H]2OCC2CC2)c1. The fourth-order valence-corrected chi connectivity index (χ4v) is 4.28. The zero-order valence-corrected chi connectivity index (χ0v) is 15.0. The van der Waals surface area contributed by atoms with E-state index in [2.05, 4.69) is 15.6 Å². The lowest BCUT2D eigenvalue weighted by Gasteiger charge is -2.38. The molecular formula is C20H29N3O2. The second kappa shape index (κ2) is 7.42. The van der Waals surface area contributed by atoms with E-state index in [0.717, 1.165) is 49.7 Å². The molecule has 1 amide bonds. The average molecular weight is 343 g/mol. The van der Waals surface area contributed by atoms with Crippen LogP contribution in [-0.4, -0.2) is 42.7 Å². The number of pyridine rings is 1. The third kappa shape index (κ3) is 4.39. The Morgan fingerprint density at radius 1 is 1.32 bits per heavy atom. The van der Waals surface area contributed by atoms with Crippen LogP contribution in [0.5, 0.6) is 0 Å². The highest BCUT2D eigenvalue weighted by atomic mass is 16.5. The third-order valence-corrected chi connectivity index (χ3v) is 5.92. The van der Waals surface area contributed by atoms with Crippen molar-refractivity contribution in [3.8, 4) is 0 Å². The van der Waals surface area contributed by atoms with Crippen molar-refractivity contribution in [1.29, 1.82) is 0 Å². The summed E-state index contributed by atoms with van der Waals surface area (Å²) in [5.41, 5.74) is 1.98. The Hall–Kier alpha value is -1.46. The molecule has 1 aromatic heterocycles. The largest absolute Gasteiger partial charge is 0.376 e. The lowest BCUT2D eigenvalue weighted by atomic mass is 9.77. The molecule has 4 atom stereocenters. The summed E-state index contributed by atoms with van der Waals surface area (Å²) in [5, 5.41) is 6.77. The van der Waals surface area contributed by atoms with E-state index in [-0.39, 0.29) is 18.1 Å². The summed E-state index contributed by atoms with van der Waals surface area (Å²) >= 11 is 0. The molecule has 136 valence electrons. The van der Waals surface area contributed by atoms with Gasteiger partial charge < -0.3 is 15.4 Å². The highest BCUT2D eigenvalue weighted by molar-refractivity contribution is 5.78. The van der Waals surface area contributed by atoms with Gasteiger partial charge in [-0.1, -0.05) is 0 Å². The van der Waals surface area contributed by atoms with E-state index in [9.17, 15) is 4.79 Å². The lowest BCUT2D eigenvalue weighted by Crippen LogP contribution is -2.51. The molecule has 0 spiro atoms. The standard InChI is InChI=1S/C20H29N3O2/c1-13-4-5-22-17(6-13)9-20(24)23-18-7-15-10-21-11-16(15)8-19(18)25-12-14-2-3-14/h4-6,14-16,18-19,21H,2-3,7-12H2,1H3,(H,23,24)/t15-,16+,18-,19-/m0/s1. The van der Waals surface area contributed by atoms with Gasteiger partial charge in [0.05, 0.1) is 18.6 Å². The first-order valence-corrected chi connectivity index (χ1v) is 9.70. The molecule has 1 aliphatic heterocycles. The van der Waals surface area contributed by atoms with Gasteiger partial charge >= 0.3 is 0 Å². The van der Waals surface area contributed by atoms with E-state index >= 15 is 0 Å². The highest BCUT2D eigenvalue weighted by Crippen LogP contribution is 2.36. The molecule has 3 aliphatic rings. The van der Waals surface area contributed by atoms with E-state index < -0.39 is 0 Å². The molecule has 1 saturated heterocycles. The molecule has 0 radical (unpaired) electrons. The molecule has 0 bridgehead atoms. The van der Waals surface area contributed by atoms with Crippen molar-refractivity contribution in [1.82, 2.24) is 15.6 Å². The second-order valence-corrected chi connectivity index (χ2v) is 8.14. The van der Waals surface area contributed by atoms with E-state index in [1.54, 1.807) is 6.20 Å². The van der Waals surface area contributed by atoms with Crippen LogP contribution < -0.4 is 10.6 Å². The highest BCUT2D eigenvalue weighted by Gasteiger charge is 2.41. The van der Waals surface area contributed by atoms with E-state index in [1.807, 2.05) is 19.1 Å². The molecule has 5 nitrogen and oxygen atoms in total. The number of aryl methyl sites for hydroxylation is 1. The Balaban J connectivity index is 1.37. The van der Waals surface area contributed by atoms with Crippen LogP contribution >= 0.6 is 0 Å². The van der Waals surface area contributed by atoms with Gasteiger partial charge in [-0.05, 0) is 81.1 Å². The van der Waals surface area contributed by atoms with Crippen molar-refractivity contribution in [2.24, 2.45) is 17.8 Å². The topological polar surface area (TPSA) is 63.2 Å². The lowest BCUT2D eigenvalue weighted by molar-refractivity contribution is -0.123. The third-order valence-electron chi connectivity index (χ3n) is 5.92. The number of amides is 1. The molecule has 3 fully saturated rings. The Bertz CT molecular complexity index is 617. The smallest absolute Gasteiger partial charge is 0.226 e. The fourth-order valence-electron chi connectivity index (χ4n) is 4.28. The summed E-state index contributed by atoms with van der Waals surface area (Å²) in [7, 11) is 0. The number of carbonyl (C=O) groups is 1. The summed E-state index contributed by atoms with van der Waals surface area (Å²) in [5.74, 6) is 2.19. The maximum atomic E-state index is 12.6. The molecule has 0 unspecified atom stereocenters. The zero-order valence-electron chi connectivity index (χ0n) is 15.0. The van der Waals surface area contributed by atoms with E-state index in [1.165, 1.54) is 12.8 Å². The molecule has 2 N–H and O–H groups in total. The minimum absolute atomic E-state index is 0.0625. The molecule has 2 aliphatic carbocycles. The van der Waals surface area contributed by atoms with Gasteiger partial charge in [-0.15, -0.1) is 0 Å². The van der Waals surface area contributed by atoms with Crippen LogP contribution in [0.1, 0.15) is 36.9 Å². The van der Waals surface area contributed by atoms with Gasteiger partial charge in [0.15, 0.2) is 0 Å². The first kappa shape index (κ1) is 17.0. The maximum Gasteiger partial charge on any atom is 0.226 e. The van der Waals surface area contributed by atoms with Crippen molar-refractivity contribution in [3.05, 3.63) is 29.6 Å². The number of hydrogen-bond acceptors (Lipinski definition) is 4. The van der Waals surface area contributed by atoms with Crippen LogP contribution in [0.15, 0.2) is 18.3 Å². The van der Waals surface area contributed by atoms with Crippen molar-refractivity contribution in [2.75, 3.05) is 19.7 Å². The number of nitrogens with zero attached hydrogens (tertiary/aromatic N) is 1. The predicted molar refractivity (Wildman–Crippen MR) is 96.2 cm³/mol. The molecule has 5 heteroatoms. The Kier molecular flexibility index (Phi) is 5.04. The number of fused-ring (bicyclic) bond motifs is 1. The van der Waals surface area contributed by atoms with Gasteiger partial charge in [-0.25, -0.2) is 0 Å². The van der Waals surface area contributed by atoms with Gasteiger partial charge in [0.25, 0.3) is 0 Å². The number of carbonyl (C=O) groups excluding carboxylic acids is 1. The Morgan fingerprint density at radius 2 is 2.12 bits per heavy atom. The van der Waals surface area contributed by atoms with Crippen molar-refractivity contribution < 1.29 is 9.53 Å². The molecule has 2 saturated carbocycles. The zero-order chi connectivity index (χ0) is 17.2. The predicted octanol–water partition coefficient (Wildman–Crippen LogP) is 1.84. The normalized spacial score (nSPS) is 31.6. The number of nitrogens with one attached hydrogen (secondary N) is 2. The molecule has 1 aromatic rings. The van der Waals surface area contributed by atoms with Gasteiger partial charge in [0.2, 0.25) is 5.91 Å². The van der Waals surface area contributed by atoms with Crippen molar-refractivity contribution in [2.45, 2.75) is 51.2 Å². The minimum atomic E-state index is 0.0625. The molecule has 25 heavy (non-hydrogen) atoms. The first-order valence-electron chi connectivity index (χ1n) is 9.70. The van der Waals surface area contributed by atoms with Crippen LogP contribution in [0.4, 0.5) is 0 Å². The minimum Gasteiger partial charge on any atom is -0.376 e. The van der Waals surface area contributed by atoms with Crippen LogP contribution in [-0.2, 0) is 16.0 Å². The van der Waals surface area contributed by atoms with Crippen LogP contribution in [0.25, 0.3) is 0 Å². The summed E-state index contributed by atoms with van der Waals surface area (Å²) in [6.45, 7) is 5.06. The second-order valence-electron chi connectivity index (χ2n) is 8.14. The summed E-state index contributed by atoms with van der Waals surface area (Å²) in [6.07, 6.45) is 6.98. The molecule has 0 aromatic carbocycles.